The first-order valence-corrected chi connectivity index (χ1v) is 7.78. The molecule has 3 rings (SSSR count). The second kappa shape index (κ2) is 5.54. The van der Waals surface area contributed by atoms with Crippen LogP contribution in [0, 0.1) is 0 Å². The SMILES string of the molecule is O=C(O)CCCNc1nc(Cl)nc2sc3c(c12)CCC3. The first-order valence-electron chi connectivity index (χ1n) is 6.58. The molecule has 0 aliphatic heterocycles. The van der Waals surface area contributed by atoms with Crippen molar-refractivity contribution in [2.45, 2.75) is 32.1 Å². The molecule has 0 atom stereocenters. The third kappa shape index (κ3) is 2.58. The number of hydrogen-bond acceptors (Lipinski definition) is 5. The molecule has 2 aromatic heterocycles. The highest BCUT2D eigenvalue weighted by molar-refractivity contribution is 7.19. The van der Waals surface area contributed by atoms with Gasteiger partial charge in [-0.25, -0.2) is 9.97 Å². The number of fused-ring (bicyclic) bond motifs is 3. The summed E-state index contributed by atoms with van der Waals surface area (Å²) in [6.07, 6.45) is 4.05. The fraction of sp³-hybridized carbons (Fsp3) is 0.462. The number of rotatable bonds is 5. The monoisotopic (exact) mass is 311 g/mol. The minimum absolute atomic E-state index is 0.150. The molecule has 7 heteroatoms. The molecule has 5 nitrogen and oxygen atoms in total. The summed E-state index contributed by atoms with van der Waals surface area (Å²) in [5.74, 6) is -0.0427. The van der Waals surface area contributed by atoms with Gasteiger partial charge in [0.1, 0.15) is 10.6 Å². The first kappa shape index (κ1) is 13.6. The van der Waals surface area contributed by atoms with Gasteiger partial charge >= 0.3 is 5.97 Å². The largest absolute Gasteiger partial charge is 0.481 e. The Kier molecular flexibility index (Phi) is 3.76. The van der Waals surface area contributed by atoms with Gasteiger partial charge in [0, 0.05) is 17.8 Å². The van der Waals surface area contributed by atoms with Gasteiger partial charge in [-0.15, -0.1) is 11.3 Å². The highest BCUT2D eigenvalue weighted by Gasteiger charge is 2.21. The molecule has 2 aromatic rings. The van der Waals surface area contributed by atoms with E-state index in [1.165, 1.54) is 16.9 Å². The molecule has 2 N–H and O–H groups in total. The van der Waals surface area contributed by atoms with Crippen molar-refractivity contribution in [2.24, 2.45) is 0 Å². The van der Waals surface area contributed by atoms with Crippen molar-refractivity contribution < 1.29 is 9.90 Å². The number of thiophene rings is 1. The number of nitrogens with one attached hydrogen (secondary N) is 1. The lowest BCUT2D eigenvalue weighted by molar-refractivity contribution is -0.137. The Morgan fingerprint density at radius 1 is 1.40 bits per heavy atom. The summed E-state index contributed by atoms with van der Waals surface area (Å²) in [5.41, 5.74) is 1.34. The van der Waals surface area contributed by atoms with Crippen molar-refractivity contribution in [1.29, 1.82) is 0 Å². The number of nitrogens with zero attached hydrogens (tertiary/aromatic N) is 2. The zero-order chi connectivity index (χ0) is 14.1. The highest BCUT2D eigenvalue weighted by Crippen LogP contribution is 2.39. The average molecular weight is 312 g/mol. The fourth-order valence-electron chi connectivity index (χ4n) is 2.54. The number of carboxylic acid groups (broad SMARTS) is 1. The zero-order valence-electron chi connectivity index (χ0n) is 10.8. The third-order valence-corrected chi connectivity index (χ3v) is 4.75. The van der Waals surface area contributed by atoms with Crippen LogP contribution >= 0.6 is 22.9 Å². The summed E-state index contributed by atoms with van der Waals surface area (Å²) in [6.45, 7) is 0.569. The number of anilines is 1. The predicted molar refractivity (Wildman–Crippen MR) is 79.8 cm³/mol. The average Bonchev–Trinajstić information content (AvgIpc) is 2.93. The van der Waals surface area contributed by atoms with E-state index >= 15 is 0 Å². The van der Waals surface area contributed by atoms with Crippen molar-refractivity contribution in [3.05, 3.63) is 15.7 Å². The van der Waals surface area contributed by atoms with E-state index in [1.54, 1.807) is 11.3 Å². The molecule has 0 fully saturated rings. The summed E-state index contributed by atoms with van der Waals surface area (Å²) in [4.78, 5) is 21.4. The Morgan fingerprint density at radius 3 is 3.05 bits per heavy atom. The van der Waals surface area contributed by atoms with Crippen molar-refractivity contribution in [3.63, 3.8) is 0 Å². The van der Waals surface area contributed by atoms with E-state index in [0.29, 0.717) is 13.0 Å². The van der Waals surface area contributed by atoms with Gasteiger partial charge in [-0.05, 0) is 42.8 Å². The van der Waals surface area contributed by atoms with Gasteiger partial charge in [0.25, 0.3) is 0 Å². The molecule has 1 aliphatic carbocycles. The van der Waals surface area contributed by atoms with Gasteiger partial charge in [-0.2, -0.15) is 0 Å². The standard InChI is InChI=1S/C13H14ClN3O2S/c14-13-16-11(15-6-2-5-9(18)19)10-7-3-1-4-8(7)20-12(10)17-13/h1-6H2,(H,18,19)(H,15,16,17). The molecule has 0 amide bonds. The van der Waals surface area contributed by atoms with Gasteiger partial charge in [-0.1, -0.05) is 0 Å². The molecule has 0 unspecified atom stereocenters. The molecule has 106 valence electrons. The Morgan fingerprint density at radius 2 is 2.25 bits per heavy atom. The van der Waals surface area contributed by atoms with Crippen LogP contribution in [0.2, 0.25) is 5.28 Å². The minimum atomic E-state index is -0.783. The fourth-order valence-corrected chi connectivity index (χ4v) is 4.02. The van der Waals surface area contributed by atoms with Crippen LogP contribution < -0.4 is 5.32 Å². The number of hydrogen-bond donors (Lipinski definition) is 2. The maximum atomic E-state index is 10.5. The van der Waals surface area contributed by atoms with Crippen LogP contribution in [0.25, 0.3) is 10.2 Å². The number of aliphatic carboxylic acids is 1. The van der Waals surface area contributed by atoms with Crippen molar-refractivity contribution in [1.82, 2.24) is 9.97 Å². The quantitative estimate of drug-likeness (QED) is 0.655. The lowest BCUT2D eigenvalue weighted by Crippen LogP contribution is -2.07. The summed E-state index contributed by atoms with van der Waals surface area (Å²) in [6, 6.07) is 0. The van der Waals surface area contributed by atoms with Gasteiger partial charge < -0.3 is 10.4 Å². The summed E-state index contributed by atoms with van der Waals surface area (Å²) >= 11 is 7.65. The van der Waals surface area contributed by atoms with E-state index in [9.17, 15) is 4.79 Å². The number of carboxylic acids is 1. The Labute approximate surface area is 125 Å². The topological polar surface area (TPSA) is 75.1 Å². The molecule has 0 aromatic carbocycles. The molecule has 20 heavy (non-hydrogen) atoms. The van der Waals surface area contributed by atoms with Gasteiger partial charge in [0.05, 0.1) is 5.39 Å². The van der Waals surface area contributed by atoms with Crippen LogP contribution in [-0.4, -0.2) is 27.6 Å². The van der Waals surface area contributed by atoms with E-state index in [4.69, 9.17) is 16.7 Å². The second-order valence-corrected chi connectivity index (χ2v) is 6.22. The van der Waals surface area contributed by atoms with E-state index in [2.05, 4.69) is 15.3 Å². The molecular formula is C13H14ClN3O2S. The van der Waals surface area contributed by atoms with Crippen LogP contribution in [0.4, 0.5) is 5.82 Å². The van der Waals surface area contributed by atoms with Gasteiger partial charge in [-0.3, -0.25) is 4.79 Å². The van der Waals surface area contributed by atoms with Crippen LogP contribution in [0.1, 0.15) is 29.7 Å². The predicted octanol–water partition coefficient (Wildman–Crippen LogP) is 3.11. The highest BCUT2D eigenvalue weighted by atomic mass is 35.5. The molecular weight excluding hydrogens is 298 g/mol. The number of halogens is 1. The Bertz CT molecular complexity index is 671. The first-order chi connectivity index (χ1) is 9.65. The van der Waals surface area contributed by atoms with Crippen LogP contribution in [0.5, 0.6) is 0 Å². The van der Waals surface area contributed by atoms with Gasteiger partial charge in [0.2, 0.25) is 5.28 Å². The number of aromatic nitrogens is 2. The van der Waals surface area contributed by atoms with Crippen LogP contribution in [-0.2, 0) is 17.6 Å². The van der Waals surface area contributed by atoms with Crippen LogP contribution in [0.3, 0.4) is 0 Å². The van der Waals surface area contributed by atoms with E-state index in [0.717, 1.165) is 28.9 Å². The van der Waals surface area contributed by atoms with Crippen LogP contribution in [0.15, 0.2) is 0 Å². The molecule has 0 saturated carbocycles. The van der Waals surface area contributed by atoms with Crippen molar-refractivity contribution in [2.75, 3.05) is 11.9 Å². The maximum absolute atomic E-state index is 10.5. The minimum Gasteiger partial charge on any atom is -0.481 e. The second-order valence-electron chi connectivity index (χ2n) is 4.80. The lowest BCUT2D eigenvalue weighted by atomic mass is 10.2. The number of carbonyl (C=O) groups is 1. The third-order valence-electron chi connectivity index (χ3n) is 3.40. The molecule has 2 heterocycles. The Hall–Kier alpha value is -1.40. The van der Waals surface area contributed by atoms with Gasteiger partial charge in [0.15, 0.2) is 0 Å². The molecule has 0 radical (unpaired) electrons. The summed E-state index contributed by atoms with van der Waals surface area (Å²) < 4.78 is 0. The van der Waals surface area contributed by atoms with Crippen molar-refractivity contribution >= 4 is 44.9 Å². The summed E-state index contributed by atoms with van der Waals surface area (Å²) in [7, 11) is 0. The lowest BCUT2D eigenvalue weighted by Gasteiger charge is -2.07. The zero-order valence-corrected chi connectivity index (χ0v) is 12.4. The Balaban J connectivity index is 1.87. The molecule has 0 saturated heterocycles. The molecule has 0 bridgehead atoms. The maximum Gasteiger partial charge on any atom is 0.303 e. The normalized spacial score (nSPS) is 13.7. The van der Waals surface area contributed by atoms with Crippen molar-refractivity contribution in [3.8, 4) is 0 Å². The molecule has 1 aliphatic rings. The van der Waals surface area contributed by atoms with E-state index in [1.807, 2.05) is 0 Å². The summed E-state index contributed by atoms with van der Waals surface area (Å²) in [5, 5.41) is 13.2. The van der Waals surface area contributed by atoms with E-state index < -0.39 is 5.97 Å². The number of aryl methyl sites for hydroxylation is 2. The molecule has 0 spiro atoms. The smallest absolute Gasteiger partial charge is 0.303 e. The van der Waals surface area contributed by atoms with E-state index in [-0.39, 0.29) is 11.7 Å².